The average molecular weight is 453 g/mol. The normalized spacial score (nSPS) is 21.6. The summed E-state index contributed by atoms with van der Waals surface area (Å²) in [5, 5.41) is 3.95. The molecule has 0 aromatic carbocycles. The van der Waals surface area contributed by atoms with Crippen LogP contribution in [0.25, 0.3) is 11.2 Å². The largest absolute Gasteiger partial charge is 0.433 e. The second kappa shape index (κ2) is 7.82. The van der Waals surface area contributed by atoms with Gasteiger partial charge in [-0.15, -0.1) is 0 Å². The zero-order valence-corrected chi connectivity index (χ0v) is 16.9. The molecule has 12 heteroatoms. The van der Waals surface area contributed by atoms with Gasteiger partial charge in [-0.1, -0.05) is 0 Å². The van der Waals surface area contributed by atoms with E-state index in [0.717, 1.165) is 25.6 Å². The molecule has 5 heterocycles. The van der Waals surface area contributed by atoms with Gasteiger partial charge in [0.15, 0.2) is 5.65 Å². The van der Waals surface area contributed by atoms with Gasteiger partial charge < -0.3 is 9.80 Å². The Morgan fingerprint density at radius 2 is 1.75 bits per heavy atom. The van der Waals surface area contributed by atoms with Crippen LogP contribution < -0.4 is 9.80 Å². The van der Waals surface area contributed by atoms with Crippen molar-refractivity contribution in [3.63, 3.8) is 0 Å². The molecule has 5 rings (SSSR count). The van der Waals surface area contributed by atoms with Crippen molar-refractivity contribution in [3.8, 4) is 0 Å². The highest BCUT2D eigenvalue weighted by atomic mass is 19.4. The molecule has 0 spiro atoms. The first-order valence-electron chi connectivity index (χ1n) is 10.3. The van der Waals surface area contributed by atoms with E-state index in [4.69, 9.17) is 0 Å². The number of rotatable bonds is 4. The highest BCUT2D eigenvalue weighted by Gasteiger charge is 2.38. The lowest BCUT2D eigenvalue weighted by Crippen LogP contribution is -2.40. The van der Waals surface area contributed by atoms with Gasteiger partial charge in [0.25, 0.3) is 6.43 Å². The van der Waals surface area contributed by atoms with Crippen LogP contribution in [0.4, 0.5) is 33.5 Å². The van der Waals surface area contributed by atoms with Gasteiger partial charge >= 0.3 is 6.18 Å². The summed E-state index contributed by atoms with van der Waals surface area (Å²) in [7, 11) is 0. The summed E-state index contributed by atoms with van der Waals surface area (Å²) in [5.74, 6) is 1.33. The van der Waals surface area contributed by atoms with Crippen LogP contribution in [0.1, 0.15) is 12.1 Å². The van der Waals surface area contributed by atoms with Crippen LogP contribution in [0.2, 0.25) is 0 Å². The summed E-state index contributed by atoms with van der Waals surface area (Å²) < 4.78 is 65.1. The molecule has 170 valence electrons. The molecular formula is C20H20F5N7. The summed E-state index contributed by atoms with van der Waals surface area (Å²) in [6.07, 6.45) is -1.77. The highest BCUT2D eigenvalue weighted by Crippen LogP contribution is 2.36. The van der Waals surface area contributed by atoms with Gasteiger partial charge in [-0.25, -0.2) is 28.4 Å². The third-order valence-corrected chi connectivity index (χ3v) is 6.17. The molecule has 0 unspecified atom stereocenters. The van der Waals surface area contributed by atoms with Gasteiger partial charge in [-0.3, -0.25) is 0 Å². The van der Waals surface area contributed by atoms with Crippen LogP contribution in [0.5, 0.6) is 0 Å². The van der Waals surface area contributed by atoms with Crippen LogP contribution in [0, 0.1) is 11.8 Å². The second-order valence-electron chi connectivity index (χ2n) is 8.21. The van der Waals surface area contributed by atoms with E-state index in [2.05, 4.69) is 29.9 Å². The molecule has 0 radical (unpaired) electrons. The van der Waals surface area contributed by atoms with E-state index < -0.39 is 24.8 Å². The molecule has 0 saturated carbocycles. The van der Waals surface area contributed by atoms with Crippen molar-refractivity contribution in [1.82, 2.24) is 24.7 Å². The molecule has 0 amide bonds. The Hall–Kier alpha value is -3.05. The van der Waals surface area contributed by atoms with Gasteiger partial charge in [-0.2, -0.15) is 18.3 Å². The summed E-state index contributed by atoms with van der Waals surface area (Å²) >= 11 is 0. The molecule has 2 aliphatic rings. The quantitative estimate of drug-likeness (QED) is 0.564. The van der Waals surface area contributed by atoms with E-state index in [9.17, 15) is 22.0 Å². The zero-order chi connectivity index (χ0) is 22.5. The SMILES string of the molecule is FC(F)Cn1ncc2ncc(N3C[C@H]4CCN(c5ccc(C(F)(F)F)nc5)C[C@H]4C3)nc21. The highest BCUT2D eigenvalue weighted by molar-refractivity contribution is 5.71. The maximum absolute atomic E-state index is 12.8. The van der Waals surface area contributed by atoms with Crippen molar-refractivity contribution in [1.29, 1.82) is 0 Å². The fraction of sp³-hybridized carbons (Fsp3) is 0.500. The lowest BCUT2D eigenvalue weighted by molar-refractivity contribution is -0.141. The van der Waals surface area contributed by atoms with Crippen LogP contribution >= 0.6 is 0 Å². The van der Waals surface area contributed by atoms with Crippen molar-refractivity contribution in [2.24, 2.45) is 11.8 Å². The fourth-order valence-corrected chi connectivity index (χ4v) is 4.59. The van der Waals surface area contributed by atoms with E-state index in [1.54, 1.807) is 6.20 Å². The monoisotopic (exact) mass is 453 g/mol. The van der Waals surface area contributed by atoms with Crippen molar-refractivity contribution >= 4 is 22.7 Å². The Kier molecular flexibility index (Phi) is 5.09. The Labute approximate surface area is 179 Å². The lowest BCUT2D eigenvalue weighted by atomic mass is 9.88. The smallest absolute Gasteiger partial charge is 0.370 e. The first-order valence-corrected chi connectivity index (χ1v) is 10.3. The standard InChI is InChI=1S/C20H20F5N7/c21-17(22)11-32-19-15(6-28-32)26-7-18(29-19)31-8-12-3-4-30(9-13(12)10-31)14-1-2-16(27-5-14)20(23,24)25/h1-2,5-7,12-13,17H,3-4,8-11H2/t12-,13+/m1/s1. The fourth-order valence-electron chi connectivity index (χ4n) is 4.59. The number of nitrogens with zero attached hydrogens (tertiary/aromatic N) is 7. The van der Waals surface area contributed by atoms with E-state index in [1.165, 1.54) is 23.1 Å². The number of hydrogen-bond acceptors (Lipinski definition) is 6. The molecule has 3 aromatic rings. The molecule has 2 atom stereocenters. The van der Waals surface area contributed by atoms with Crippen molar-refractivity contribution < 1.29 is 22.0 Å². The Balaban J connectivity index is 1.30. The molecule has 0 aliphatic carbocycles. The third kappa shape index (κ3) is 3.93. The average Bonchev–Trinajstić information content (AvgIpc) is 3.36. The number of halogens is 5. The van der Waals surface area contributed by atoms with E-state index in [1.807, 2.05) is 0 Å². The molecule has 2 aliphatic heterocycles. The Morgan fingerprint density at radius 1 is 0.969 bits per heavy atom. The van der Waals surface area contributed by atoms with Gasteiger partial charge in [0.2, 0.25) is 0 Å². The topological polar surface area (TPSA) is 63.0 Å². The Morgan fingerprint density at radius 3 is 2.47 bits per heavy atom. The first kappa shape index (κ1) is 20.8. The van der Waals surface area contributed by atoms with Crippen LogP contribution in [0.15, 0.2) is 30.7 Å². The molecule has 3 aromatic heterocycles. The summed E-state index contributed by atoms with van der Waals surface area (Å²) in [5.41, 5.74) is 0.567. The van der Waals surface area contributed by atoms with E-state index in [0.29, 0.717) is 47.6 Å². The molecule has 0 N–H and O–H groups in total. The summed E-state index contributed by atoms with van der Waals surface area (Å²) in [6.45, 7) is 2.37. The van der Waals surface area contributed by atoms with E-state index >= 15 is 0 Å². The molecule has 2 saturated heterocycles. The van der Waals surface area contributed by atoms with Gasteiger partial charge in [0, 0.05) is 26.2 Å². The number of hydrogen-bond donors (Lipinski definition) is 0. The maximum Gasteiger partial charge on any atom is 0.433 e. The van der Waals surface area contributed by atoms with Gasteiger partial charge in [0.1, 0.15) is 23.6 Å². The number of aromatic nitrogens is 5. The number of anilines is 2. The molecule has 7 nitrogen and oxygen atoms in total. The minimum atomic E-state index is -4.45. The number of alkyl halides is 5. The summed E-state index contributed by atoms with van der Waals surface area (Å²) in [6, 6.07) is 2.47. The number of pyridine rings is 1. The van der Waals surface area contributed by atoms with E-state index in [-0.39, 0.29) is 0 Å². The predicted molar refractivity (Wildman–Crippen MR) is 107 cm³/mol. The van der Waals surface area contributed by atoms with Gasteiger partial charge in [0.05, 0.1) is 24.3 Å². The molecule has 32 heavy (non-hydrogen) atoms. The molecule has 2 fully saturated rings. The Bertz CT molecular complexity index is 1100. The molecule has 0 bridgehead atoms. The number of piperidine rings is 1. The maximum atomic E-state index is 12.8. The second-order valence-corrected chi connectivity index (χ2v) is 8.21. The minimum Gasteiger partial charge on any atom is -0.370 e. The minimum absolute atomic E-state index is 0.300. The van der Waals surface area contributed by atoms with Gasteiger partial charge in [-0.05, 0) is 30.4 Å². The molecular weight excluding hydrogens is 433 g/mol. The van der Waals surface area contributed by atoms with Crippen molar-refractivity contribution in [2.75, 3.05) is 36.0 Å². The number of fused-ring (bicyclic) bond motifs is 2. The van der Waals surface area contributed by atoms with Crippen LogP contribution in [-0.2, 0) is 12.7 Å². The summed E-state index contributed by atoms with van der Waals surface area (Å²) in [4.78, 5) is 16.6. The predicted octanol–water partition coefficient (Wildman–Crippen LogP) is 3.47. The van der Waals surface area contributed by atoms with Crippen molar-refractivity contribution in [2.45, 2.75) is 25.6 Å². The van der Waals surface area contributed by atoms with Crippen molar-refractivity contribution in [3.05, 3.63) is 36.4 Å². The zero-order valence-electron chi connectivity index (χ0n) is 16.9. The third-order valence-electron chi connectivity index (χ3n) is 6.17. The first-order chi connectivity index (χ1) is 15.3. The van der Waals surface area contributed by atoms with Crippen LogP contribution in [-0.4, -0.2) is 57.3 Å². The van der Waals surface area contributed by atoms with Crippen LogP contribution in [0.3, 0.4) is 0 Å². The lowest BCUT2D eigenvalue weighted by Gasteiger charge is -2.35.